The van der Waals surface area contributed by atoms with Crippen molar-refractivity contribution in [2.24, 2.45) is 5.41 Å². The minimum Gasteiger partial charge on any atom is -0.495 e. The van der Waals surface area contributed by atoms with Gasteiger partial charge in [-0.2, -0.15) is 4.98 Å². The van der Waals surface area contributed by atoms with Gasteiger partial charge in [-0.3, -0.25) is 9.59 Å². The molecule has 10 heteroatoms. The van der Waals surface area contributed by atoms with Crippen LogP contribution < -0.4 is 25.2 Å². The molecule has 2 amide bonds. The molecule has 0 radical (unpaired) electrons. The van der Waals surface area contributed by atoms with Gasteiger partial charge >= 0.3 is 0 Å². The smallest absolute Gasteiger partial charge is 0.251 e. The number of carbonyl (C=O) groups is 2. The highest BCUT2D eigenvalue weighted by atomic mass is 16.5. The Balaban J connectivity index is 1.37. The van der Waals surface area contributed by atoms with Crippen LogP contribution in [0.4, 0.5) is 23.1 Å². The van der Waals surface area contributed by atoms with E-state index in [-0.39, 0.29) is 17.9 Å². The third-order valence-electron chi connectivity index (χ3n) is 8.78. The maximum atomic E-state index is 13.3. The second-order valence-electron chi connectivity index (χ2n) is 12.4. The zero-order valence-corrected chi connectivity index (χ0v) is 24.7. The first kappa shape index (κ1) is 28.1. The molecule has 0 spiro atoms. The van der Waals surface area contributed by atoms with Gasteiger partial charge in [-0.05, 0) is 78.2 Å². The standard InChI is InChI=1S/C30H43N7O3/c1-30(2)18-37(21-9-7-8-10-21)26-24(36(5)28(30)39)17-31-29(34-26)33-23-14-11-19(15-25(23)40-6)27(38)32-20-12-13-22(16-20)35(3)4/h11,14-15,17,20-22H,7-10,12-13,16,18H2,1-6H3,(H,32,38)(H,31,33,34)/t20-,22?/m0/s1. The maximum absolute atomic E-state index is 13.3. The summed E-state index contributed by atoms with van der Waals surface area (Å²) in [5, 5.41) is 6.48. The lowest BCUT2D eigenvalue weighted by atomic mass is 9.91. The second kappa shape index (κ2) is 11.2. The average molecular weight is 550 g/mol. The molecule has 1 aromatic carbocycles. The fourth-order valence-corrected chi connectivity index (χ4v) is 6.41. The van der Waals surface area contributed by atoms with Gasteiger partial charge in [-0.1, -0.05) is 12.8 Å². The Morgan fingerprint density at radius 1 is 1.15 bits per heavy atom. The van der Waals surface area contributed by atoms with Gasteiger partial charge < -0.3 is 30.1 Å². The van der Waals surface area contributed by atoms with Crippen molar-refractivity contribution in [2.45, 2.75) is 76.9 Å². The number of rotatable bonds is 7. The predicted octanol–water partition coefficient (Wildman–Crippen LogP) is 4.19. The third-order valence-corrected chi connectivity index (χ3v) is 8.78. The van der Waals surface area contributed by atoms with Crippen molar-refractivity contribution in [3.05, 3.63) is 30.0 Å². The summed E-state index contributed by atoms with van der Waals surface area (Å²) in [5.41, 5.74) is 1.39. The molecule has 216 valence electrons. The molecule has 1 aromatic heterocycles. The van der Waals surface area contributed by atoms with Gasteiger partial charge in [0.25, 0.3) is 5.91 Å². The van der Waals surface area contributed by atoms with Crippen LogP contribution >= 0.6 is 0 Å². The quantitative estimate of drug-likeness (QED) is 0.530. The van der Waals surface area contributed by atoms with E-state index in [9.17, 15) is 9.59 Å². The molecule has 2 N–H and O–H groups in total. The zero-order valence-electron chi connectivity index (χ0n) is 24.7. The average Bonchev–Trinajstić information content (AvgIpc) is 3.63. The lowest BCUT2D eigenvalue weighted by Crippen LogP contribution is -2.45. The maximum Gasteiger partial charge on any atom is 0.251 e. The first-order valence-corrected chi connectivity index (χ1v) is 14.4. The minimum absolute atomic E-state index is 0.0592. The van der Waals surface area contributed by atoms with Crippen molar-refractivity contribution in [1.29, 1.82) is 0 Å². The zero-order chi connectivity index (χ0) is 28.6. The molecule has 2 fully saturated rings. The molecule has 40 heavy (non-hydrogen) atoms. The highest BCUT2D eigenvalue weighted by molar-refractivity contribution is 6.01. The summed E-state index contributed by atoms with van der Waals surface area (Å²) < 4.78 is 5.65. The van der Waals surface area contributed by atoms with Crippen LogP contribution in [-0.4, -0.2) is 79.6 Å². The van der Waals surface area contributed by atoms with Crippen LogP contribution in [0, 0.1) is 5.41 Å². The summed E-state index contributed by atoms with van der Waals surface area (Å²) in [7, 11) is 7.56. The number of carbonyl (C=O) groups excluding carboxylic acids is 2. The van der Waals surface area contributed by atoms with Crippen molar-refractivity contribution in [3.63, 3.8) is 0 Å². The number of aromatic nitrogens is 2. The van der Waals surface area contributed by atoms with Crippen LogP contribution in [0.1, 0.15) is 69.2 Å². The number of anilines is 4. The van der Waals surface area contributed by atoms with E-state index >= 15 is 0 Å². The molecule has 2 aliphatic carbocycles. The summed E-state index contributed by atoms with van der Waals surface area (Å²) in [4.78, 5) is 42.0. The topological polar surface area (TPSA) is 103 Å². The molecule has 5 rings (SSSR count). The fourth-order valence-electron chi connectivity index (χ4n) is 6.41. The van der Waals surface area contributed by atoms with E-state index in [1.165, 1.54) is 12.8 Å². The number of benzene rings is 1. The Morgan fingerprint density at radius 2 is 1.90 bits per heavy atom. The number of fused-ring (bicyclic) bond motifs is 1. The number of nitrogens with zero attached hydrogens (tertiary/aromatic N) is 5. The molecule has 2 aromatic rings. The largest absolute Gasteiger partial charge is 0.495 e. The van der Waals surface area contributed by atoms with Gasteiger partial charge in [0.05, 0.1) is 24.4 Å². The van der Waals surface area contributed by atoms with Crippen molar-refractivity contribution in [2.75, 3.05) is 49.9 Å². The molecule has 1 unspecified atom stereocenters. The highest BCUT2D eigenvalue weighted by Gasteiger charge is 2.41. The lowest BCUT2D eigenvalue weighted by molar-refractivity contribution is -0.125. The first-order valence-electron chi connectivity index (χ1n) is 14.4. The van der Waals surface area contributed by atoms with Gasteiger partial charge in [0.1, 0.15) is 11.4 Å². The summed E-state index contributed by atoms with van der Waals surface area (Å²) in [6, 6.07) is 6.39. The number of nitrogens with one attached hydrogen (secondary N) is 2. The number of hydrogen-bond acceptors (Lipinski definition) is 8. The molecule has 10 nitrogen and oxygen atoms in total. The van der Waals surface area contributed by atoms with E-state index in [1.54, 1.807) is 37.4 Å². The molecule has 2 heterocycles. The highest BCUT2D eigenvalue weighted by Crippen LogP contribution is 2.40. The monoisotopic (exact) mass is 549 g/mol. The van der Waals surface area contributed by atoms with Gasteiger partial charge in [0, 0.05) is 37.3 Å². The first-order chi connectivity index (χ1) is 19.1. The van der Waals surface area contributed by atoms with Crippen LogP contribution in [0.15, 0.2) is 24.4 Å². The van der Waals surface area contributed by atoms with Crippen LogP contribution in [0.25, 0.3) is 0 Å². The van der Waals surface area contributed by atoms with E-state index in [0.717, 1.165) is 43.6 Å². The normalized spacial score (nSPS) is 22.8. The van der Waals surface area contributed by atoms with Gasteiger partial charge in [-0.15, -0.1) is 0 Å². The van der Waals surface area contributed by atoms with E-state index in [0.29, 0.717) is 41.6 Å². The lowest BCUT2D eigenvalue weighted by Gasteiger charge is -2.34. The number of ether oxygens (including phenoxy) is 1. The van der Waals surface area contributed by atoms with Gasteiger partial charge in [-0.25, -0.2) is 4.98 Å². The van der Waals surface area contributed by atoms with Crippen molar-refractivity contribution in [1.82, 2.24) is 20.2 Å². The molecular formula is C30H43N7O3. The Bertz CT molecular complexity index is 1260. The molecule has 3 aliphatic rings. The van der Waals surface area contributed by atoms with E-state index in [1.807, 2.05) is 19.9 Å². The van der Waals surface area contributed by atoms with Crippen LogP contribution in [0.2, 0.25) is 0 Å². The van der Waals surface area contributed by atoms with E-state index in [4.69, 9.17) is 9.72 Å². The summed E-state index contributed by atoms with van der Waals surface area (Å²) in [5.74, 6) is 1.68. The van der Waals surface area contributed by atoms with Gasteiger partial charge in [0.15, 0.2) is 5.82 Å². The van der Waals surface area contributed by atoms with Gasteiger partial charge in [0.2, 0.25) is 11.9 Å². The summed E-state index contributed by atoms with van der Waals surface area (Å²) in [6.45, 7) is 4.61. The minimum atomic E-state index is -0.545. The Hall–Kier alpha value is -3.40. The Labute approximate surface area is 237 Å². The molecule has 2 saturated carbocycles. The molecule has 2 atom stereocenters. The summed E-state index contributed by atoms with van der Waals surface area (Å²) in [6.07, 6.45) is 9.31. The fraction of sp³-hybridized carbons (Fsp3) is 0.600. The summed E-state index contributed by atoms with van der Waals surface area (Å²) >= 11 is 0. The van der Waals surface area contributed by atoms with Crippen molar-refractivity contribution in [3.8, 4) is 5.75 Å². The second-order valence-corrected chi connectivity index (χ2v) is 12.4. The van der Waals surface area contributed by atoms with E-state index in [2.05, 4.69) is 39.5 Å². The Kier molecular flexibility index (Phi) is 7.90. The number of hydrogen-bond donors (Lipinski definition) is 2. The predicted molar refractivity (Wildman–Crippen MR) is 158 cm³/mol. The van der Waals surface area contributed by atoms with E-state index < -0.39 is 5.41 Å². The number of amides is 2. The van der Waals surface area contributed by atoms with Crippen molar-refractivity contribution >= 4 is 35.0 Å². The number of methoxy groups -OCH3 is 1. The molecule has 1 aliphatic heterocycles. The Morgan fingerprint density at radius 3 is 2.58 bits per heavy atom. The molecule has 0 bridgehead atoms. The SMILES string of the molecule is COc1cc(C(=O)N[C@H]2CCC(N(C)C)C2)ccc1Nc1ncc2c(n1)N(C1CCCC1)CC(C)(C)C(=O)N2C. The van der Waals surface area contributed by atoms with Crippen LogP contribution in [0.3, 0.4) is 0 Å². The third kappa shape index (κ3) is 5.59. The molecular weight excluding hydrogens is 506 g/mol. The van der Waals surface area contributed by atoms with Crippen molar-refractivity contribution < 1.29 is 14.3 Å². The van der Waals surface area contributed by atoms with Crippen LogP contribution in [0.5, 0.6) is 5.75 Å². The van der Waals surface area contributed by atoms with Crippen LogP contribution in [-0.2, 0) is 4.79 Å². The molecule has 0 saturated heterocycles.